The molecular formula is C23H22N2O3S2. The first-order valence-corrected chi connectivity index (χ1v) is 11.5. The van der Waals surface area contributed by atoms with Crippen LogP contribution >= 0.6 is 22.7 Å². The summed E-state index contributed by atoms with van der Waals surface area (Å²) in [5, 5.41) is 4.88. The van der Waals surface area contributed by atoms with Crippen molar-refractivity contribution in [2.45, 2.75) is 26.4 Å². The van der Waals surface area contributed by atoms with E-state index >= 15 is 0 Å². The van der Waals surface area contributed by atoms with Gasteiger partial charge >= 0.3 is 0 Å². The predicted octanol–water partition coefficient (Wildman–Crippen LogP) is 5.63. The van der Waals surface area contributed by atoms with Crippen LogP contribution in [0.2, 0.25) is 0 Å². The van der Waals surface area contributed by atoms with Gasteiger partial charge < -0.3 is 14.1 Å². The Bertz CT molecular complexity index is 1020. The van der Waals surface area contributed by atoms with Gasteiger partial charge in [-0.05, 0) is 54.8 Å². The summed E-state index contributed by atoms with van der Waals surface area (Å²) in [6.07, 6.45) is 1.90. The fourth-order valence-corrected chi connectivity index (χ4v) is 4.61. The number of benzene rings is 1. The number of thiophene rings is 1. The molecule has 0 aliphatic carbocycles. The van der Waals surface area contributed by atoms with Crippen molar-refractivity contribution in [3.8, 4) is 16.3 Å². The van der Waals surface area contributed by atoms with E-state index in [9.17, 15) is 4.79 Å². The minimum Gasteiger partial charge on any atom is -0.494 e. The highest BCUT2D eigenvalue weighted by Gasteiger charge is 2.18. The molecule has 0 radical (unpaired) electrons. The molecule has 7 heteroatoms. The van der Waals surface area contributed by atoms with Gasteiger partial charge in [0, 0.05) is 15.8 Å². The van der Waals surface area contributed by atoms with Gasteiger partial charge in [-0.1, -0.05) is 6.07 Å². The van der Waals surface area contributed by atoms with E-state index in [2.05, 4.69) is 4.98 Å². The van der Waals surface area contributed by atoms with E-state index in [1.54, 1.807) is 28.9 Å². The van der Waals surface area contributed by atoms with Gasteiger partial charge in [0.2, 0.25) is 5.91 Å². The average molecular weight is 439 g/mol. The molecular weight excluding hydrogens is 416 g/mol. The van der Waals surface area contributed by atoms with Crippen LogP contribution in [0.1, 0.15) is 23.3 Å². The number of hydrogen-bond acceptors (Lipinski definition) is 6. The molecule has 0 fully saturated rings. The van der Waals surface area contributed by atoms with E-state index < -0.39 is 0 Å². The molecule has 30 heavy (non-hydrogen) atoms. The topological polar surface area (TPSA) is 55.6 Å². The maximum absolute atomic E-state index is 13.1. The molecule has 0 unspecified atom stereocenters. The van der Waals surface area contributed by atoms with Crippen LogP contribution in [0.5, 0.6) is 5.75 Å². The second-order valence-corrected chi connectivity index (χ2v) is 8.58. The smallest absolute Gasteiger partial charge is 0.229 e. The van der Waals surface area contributed by atoms with E-state index in [-0.39, 0.29) is 12.3 Å². The Morgan fingerprint density at radius 3 is 2.67 bits per heavy atom. The first-order chi connectivity index (χ1) is 14.7. The third-order valence-corrected chi connectivity index (χ3v) is 6.30. The summed E-state index contributed by atoms with van der Waals surface area (Å²) in [4.78, 5) is 20.7. The number of ether oxygens (including phenoxy) is 1. The fraction of sp³-hybridized carbons (Fsp3) is 0.217. The molecule has 5 nitrogen and oxygen atoms in total. The van der Waals surface area contributed by atoms with Crippen LogP contribution in [0.3, 0.4) is 0 Å². The first-order valence-electron chi connectivity index (χ1n) is 9.71. The number of furan rings is 1. The largest absolute Gasteiger partial charge is 0.494 e. The molecule has 154 valence electrons. The van der Waals surface area contributed by atoms with Crippen LogP contribution in [0.15, 0.2) is 70.0 Å². The van der Waals surface area contributed by atoms with Gasteiger partial charge in [-0.3, -0.25) is 4.79 Å². The van der Waals surface area contributed by atoms with Gasteiger partial charge in [0.05, 0.1) is 38.1 Å². The van der Waals surface area contributed by atoms with Crippen LogP contribution in [0.25, 0.3) is 10.6 Å². The molecule has 3 heterocycles. The molecule has 0 aliphatic heterocycles. The highest BCUT2D eigenvalue weighted by molar-refractivity contribution is 7.13. The lowest BCUT2D eigenvalue weighted by molar-refractivity contribution is -0.132. The summed E-state index contributed by atoms with van der Waals surface area (Å²) < 4.78 is 11.0. The summed E-state index contributed by atoms with van der Waals surface area (Å²) in [7, 11) is 0. The summed E-state index contributed by atoms with van der Waals surface area (Å²) in [5.74, 6) is 1.65. The minimum atomic E-state index is 0.0309. The summed E-state index contributed by atoms with van der Waals surface area (Å²) in [6, 6.07) is 15.6. The summed E-state index contributed by atoms with van der Waals surface area (Å²) in [6.45, 7) is 3.61. The van der Waals surface area contributed by atoms with Gasteiger partial charge in [-0.15, -0.1) is 22.7 Å². The molecule has 0 N–H and O–H groups in total. The quantitative estimate of drug-likeness (QED) is 0.340. The Morgan fingerprint density at radius 1 is 1.10 bits per heavy atom. The van der Waals surface area contributed by atoms with Gasteiger partial charge in [0.15, 0.2) is 0 Å². The van der Waals surface area contributed by atoms with Gasteiger partial charge in [-0.25, -0.2) is 4.98 Å². The van der Waals surface area contributed by atoms with Crippen LogP contribution in [-0.4, -0.2) is 22.4 Å². The second kappa shape index (κ2) is 9.73. The first kappa shape index (κ1) is 20.4. The van der Waals surface area contributed by atoms with Crippen LogP contribution < -0.4 is 4.74 Å². The Labute approximate surface area is 183 Å². The fourth-order valence-electron chi connectivity index (χ4n) is 3.06. The van der Waals surface area contributed by atoms with Crippen molar-refractivity contribution in [3.63, 3.8) is 0 Å². The molecule has 3 aromatic heterocycles. The zero-order valence-electron chi connectivity index (χ0n) is 16.6. The van der Waals surface area contributed by atoms with Gasteiger partial charge in [-0.2, -0.15) is 0 Å². The number of thiazole rings is 1. The molecule has 0 aliphatic rings. The van der Waals surface area contributed by atoms with Crippen molar-refractivity contribution in [3.05, 3.63) is 81.9 Å². The van der Waals surface area contributed by atoms with Crippen molar-refractivity contribution < 1.29 is 13.9 Å². The van der Waals surface area contributed by atoms with Crippen molar-refractivity contribution in [2.24, 2.45) is 0 Å². The van der Waals surface area contributed by atoms with Crippen molar-refractivity contribution in [1.29, 1.82) is 0 Å². The number of amides is 1. The number of hydrogen-bond donors (Lipinski definition) is 0. The van der Waals surface area contributed by atoms with Crippen molar-refractivity contribution >= 4 is 28.6 Å². The van der Waals surface area contributed by atoms with E-state index in [4.69, 9.17) is 9.15 Å². The molecule has 0 spiro atoms. The molecule has 0 atom stereocenters. The molecule has 4 aromatic rings. The van der Waals surface area contributed by atoms with E-state index in [1.165, 1.54) is 0 Å². The summed E-state index contributed by atoms with van der Waals surface area (Å²) >= 11 is 3.19. The molecule has 0 saturated carbocycles. The maximum Gasteiger partial charge on any atom is 0.229 e. The lowest BCUT2D eigenvalue weighted by Gasteiger charge is -2.20. The number of rotatable bonds is 9. The maximum atomic E-state index is 13.1. The average Bonchev–Trinajstić information content (AvgIpc) is 3.52. The van der Waals surface area contributed by atoms with Gasteiger partial charge in [0.25, 0.3) is 0 Å². The molecule has 0 saturated heterocycles. The Kier molecular flexibility index (Phi) is 6.61. The number of aromatic nitrogens is 1. The zero-order chi connectivity index (χ0) is 20.8. The van der Waals surface area contributed by atoms with Crippen molar-refractivity contribution in [1.82, 2.24) is 9.88 Å². The third-order valence-electron chi connectivity index (χ3n) is 4.50. The molecule has 4 rings (SSSR count). The standard InChI is InChI=1S/C23H22N2O3S2/c1-2-27-19-9-7-17(8-10-19)23-24-18(16-30-23)13-22(26)25(14-20-5-3-11-28-20)15-21-6-4-12-29-21/h3-12,16H,2,13-15H2,1H3. The van der Waals surface area contributed by atoms with Gasteiger partial charge in [0.1, 0.15) is 16.5 Å². The summed E-state index contributed by atoms with van der Waals surface area (Å²) in [5.41, 5.74) is 1.80. The molecule has 0 bridgehead atoms. The van der Waals surface area contributed by atoms with Crippen LogP contribution in [0, 0.1) is 0 Å². The lowest BCUT2D eigenvalue weighted by atomic mass is 10.2. The van der Waals surface area contributed by atoms with E-state index in [0.29, 0.717) is 19.7 Å². The number of carbonyl (C=O) groups is 1. The Morgan fingerprint density at radius 2 is 1.97 bits per heavy atom. The molecule has 1 amide bonds. The van der Waals surface area contributed by atoms with Crippen LogP contribution in [-0.2, 0) is 24.3 Å². The molecule has 1 aromatic carbocycles. The Balaban J connectivity index is 1.45. The second-order valence-electron chi connectivity index (χ2n) is 6.69. The monoisotopic (exact) mass is 438 g/mol. The lowest BCUT2D eigenvalue weighted by Crippen LogP contribution is -2.31. The number of nitrogens with zero attached hydrogens (tertiary/aromatic N) is 2. The zero-order valence-corrected chi connectivity index (χ0v) is 18.2. The minimum absolute atomic E-state index is 0.0309. The highest BCUT2D eigenvalue weighted by Crippen LogP contribution is 2.26. The van der Waals surface area contributed by atoms with E-state index in [1.807, 2.05) is 71.1 Å². The predicted molar refractivity (Wildman–Crippen MR) is 120 cm³/mol. The van der Waals surface area contributed by atoms with Crippen LogP contribution in [0.4, 0.5) is 0 Å². The van der Waals surface area contributed by atoms with Crippen molar-refractivity contribution in [2.75, 3.05) is 6.61 Å². The normalized spacial score (nSPS) is 10.8. The Hall–Kier alpha value is -2.90. The number of carbonyl (C=O) groups excluding carboxylic acids is 1. The third kappa shape index (κ3) is 5.17. The SMILES string of the molecule is CCOc1ccc(-c2nc(CC(=O)N(Cc3ccco3)Cc3cccs3)cs2)cc1. The van der Waals surface area contributed by atoms with E-state index in [0.717, 1.165) is 32.7 Å². The highest BCUT2D eigenvalue weighted by atomic mass is 32.1.